The number of hydrogen-bond acceptors (Lipinski definition) is 4. The van der Waals surface area contributed by atoms with Crippen LogP contribution in [0.1, 0.15) is 75.2 Å². The van der Waals surface area contributed by atoms with Gasteiger partial charge in [-0.3, -0.25) is 0 Å². The average molecular weight is 701 g/mol. The highest BCUT2D eigenvalue weighted by Gasteiger charge is 2.51. The Bertz CT molecular complexity index is 1280. The Hall–Kier alpha value is -1.06. The van der Waals surface area contributed by atoms with Gasteiger partial charge in [0.2, 0.25) is 0 Å². The van der Waals surface area contributed by atoms with Crippen LogP contribution in [0.3, 0.4) is 0 Å². The summed E-state index contributed by atoms with van der Waals surface area (Å²) in [5, 5.41) is 1.97. The van der Waals surface area contributed by atoms with E-state index >= 15 is 0 Å². The quantitative estimate of drug-likeness (QED) is 0.141. The summed E-state index contributed by atoms with van der Waals surface area (Å²) >= 11 is 0. The normalized spacial score (nSPS) is 21.9. The third-order valence-corrected chi connectivity index (χ3v) is 27.8. The van der Waals surface area contributed by atoms with Gasteiger partial charge in [-0.05, 0) is 67.2 Å². The van der Waals surface area contributed by atoms with Crippen LogP contribution in [0.15, 0.2) is 72.3 Å². The zero-order valence-electron chi connectivity index (χ0n) is 31.8. The first kappa shape index (κ1) is 39.4. The van der Waals surface area contributed by atoms with Gasteiger partial charge in [0.15, 0.2) is 25.0 Å². The lowest BCUT2D eigenvalue weighted by Gasteiger charge is -2.51. The summed E-state index contributed by atoms with van der Waals surface area (Å²) in [6, 6.07) is 20.0. The average Bonchev–Trinajstić information content (AvgIpc) is 2.92. The van der Waals surface area contributed by atoms with Crippen molar-refractivity contribution in [2.24, 2.45) is 0 Å². The molecule has 0 aliphatic heterocycles. The maximum absolute atomic E-state index is 15.0. The van der Waals surface area contributed by atoms with Crippen molar-refractivity contribution in [2.75, 3.05) is 6.16 Å². The first-order valence-corrected chi connectivity index (χ1v) is 27.8. The molecule has 0 radical (unpaired) electrons. The van der Waals surface area contributed by atoms with Gasteiger partial charge in [0.25, 0.3) is 0 Å². The summed E-state index contributed by atoms with van der Waals surface area (Å²) in [4.78, 5) is 0. The predicted molar refractivity (Wildman–Crippen MR) is 208 cm³/mol. The van der Waals surface area contributed by atoms with Gasteiger partial charge in [-0.15, -0.1) is 0 Å². The van der Waals surface area contributed by atoms with Crippen LogP contribution in [0, 0.1) is 0 Å². The van der Waals surface area contributed by atoms with Crippen LogP contribution in [-0.2, 0) is 17.8 Å². The van der Waals surface area contributed by atoms with Gasteiger partial charge < -0.3 is 17.8 Å². The molecule has 0 saturated heterocycles. The Morgan fingerprint density at radius 2 is 0.935 bits per heavy atom. The van der Waals surface area contributed by atoms with Crippen LogP contribution >= 0.6 is 7.14 Å². The third-order valence-electron chi connectivity index (χ3n) is 11.4. The minimum Gasteiger partial charge on any atom is -0.411 e. The second kappa shape index (κ2) is 14.0. The van der Waals surface area contributed by atoms with E-state index in [0.29, 0.717) is 6.16 Å². The Labute approximate surface area is 285 Å². The Morgan fingerprint density at radius 1 is 0.609 bits per heavy atom. The number of rotatable bonds is 10. The van der Waals surface area contributed by atoms with Gasteiger partial charge in [-0.2, -0.15) is 0 Å². The molecule has 1 fully saturated rings. The van der Waals surface area contributed by atoms with Crippen molar-refractivity contribution in [3.63, 3.8) is 0 Å². The second-order valence-electron chi connectivity index (χ2n) is 18.0. The van der Waals surface area contributed by atoms with Gasteiger partial charge in [0.05, 0.1) is 18.3 Å². The summed E-state index contributed by atoms with van der Waals surface area (Å²) in [6.45, 7) is 34.9. The molecular formula is C38H65O4PSi3. The molecule has 0 N–H and O–H groups in total. The molecule has 1 aliphatic rings. The SMILES string of the molecule is CC(C)(C)[Si](C)(C)O[C@H]1[C@@H](O[Si](C)(C)C(C)(C)C)CC(=CCP(=O)(c2ccccc2)c2ccccc2)C[C@H]1O[Si](C)(C)C(C)(C)C. The molecule has 3 atom stereocenters. The van der Waals surface area contributed by atoms with Gasteiger partial charge in [-0.1, -0.05) is 135 Å². The zero-order chi connectivity index (χ0) is 35.0. The number of hydrogen-bond donors (Lipinski definition) is 0. The summed E-state index contributed by atoms with van der Waals surface area (Å²) in [5.74, 6) is 0. The standard InChI is InChI=1S/C38H65O4PSi3/c1-36(2,3)44(10,11)40-33-28-30(26-27-43(39,31-22-18-16-19-23-31)32-24-20-17-21-25-32)29-34(41-45(12,13)37(4,5)6)35(33)42-46(14,15)38(7,8)9/h16-26,33-35H,27-29H2,1-15H3/t33-,34+,35-. The van der Waals surface area contributed by atoms with E-state index < -0.39 is 32.1 Å². The molecular weight excluding hydrogens is 636 g/mol. The Morgan fingerprint density at radius 3 is 1.26 bits per heavy atom. The molecule has 0 heterocycles. The van der Waals surface area contributed by atoms with Crippen molar-refractivity contribution < 1.29 is 17.8 Å². The van der Waals surface area contributed by atoms with Crippen LogP contribution in [0.5, 0.6) is 0 Å². The van der Waals surface area contributed by atoms with E-state index in [1.165, 1.54) is 5.57 Å². The predicted octanol–water partition coefficient (Wildman–Crippen LogP) is 10.9. The monoisotopic (exact) mass is 700 g/mol. The van der Waals surface area contributed by atoms with Crippen molar-refractivity contribution in [1.82, 2.24) is 0 Å². The van der Waals surface area contributed by atoms with Crippen molar-refractivity contribution in [3.8, 4) is 0 Å². The fourth-order valence-electron chi connectivity index (χ4n) is 5.19. The molecule has 258 valence electrons. The largest absolute Gasteiger partial charge is 0.411 e. The van der Waals surface area contributed by atoms with E-state index in [1.807, 2.05) is 60.7 Å². The van der Waals surface area contributed by atoms with E-state index in [0.717, 1.165) is 23.5 Å². The highest BCUT2D eigenvalue weighted by atomic mass is 31.2. The molecule has 2 aromatic carbocycles. The van der Waals surface area contributed by atoms with Crippen molar-refractivity contribution in [3.05, 3.63) is 72.3 Å². The molecule has 0 amide bonds. The van der Waals surface area contributed by atoms with Gasteiger partial charge >= 0.3 is 0 Å². The summed E-state index contributed by atoms with van der Waals surface area (Å²) in [5.41, 5.74) is 1.27. The summed E-state index contributed by atoms with van der Waals surface area (Å²) in [6.07, 6.45) is 3.88. The zero-order valence-corrected chi connectivity index (χ0v) is 35.7. The fraction of sp³-hybridized carbons (Fsp3) is 0.632. The first-order chi connectivity index (χ1) is 20.8. The van der Waals surface area contributed by atoms with E-state index in [9.17, 15) is 4.57 Å². The molecule has 0 unspecified atom stereocenters. The van der Waals surface area contributed by atoms with Crippen LogP contribution in [0.2, 0.25) is 54.4 Å². The molecule has 8 heteroatoms. The molecule has 0 spiro atoms. The lowest BCUT2D eigenvalue weighted by atomic mass is 9.88. The van der Waals surface area contributed by atoms with E-state index in [4.69, 9.17) is 13.3 Å². The number of allylic oxidation sites excluding steroid dienone is 1. The van der Waals surface area contributed by atoms with Gasteiger partial charge in [0.1, 0.15) is 7.14 Å². The second-order valence-corrected chi connectivity index (χ2v) is 35.2. The van der Waals surface area contributed by atoms with Crippen LogP contribution < -0.4 is 10.6 Å². The molecule has 46 heavy (non-hydrogen) atoms. The van der Waals surface area contributed by atoms with Crippen LogP contribution in [-0.4, -0.2) is 49.4 Å². The lowest BCUT2D eigenvalue weighted by molar-refractivity contribution is -0.0527. The van der Waals surface area contributed by atoms with Gasteiger partial charge in [0, 0.05) is 16.8 Å². The van der Waals surface area contributed by atoms with E-state index in [2.05, 4.69) is 108 Å². The maximum Gasteiger partial charge on any atom is 0.192 e. The van der Waals surface area contributed by atoms with Crippen LogP contribution in [0.25, 0.3) is 0 Å². The maximum atomic E-state index is 15.0. The summed E-state index contributed by atoms with van der Waals surface area (Å²) in [7, 11) is -9.40. The Kier molecular flexibility index (Phi) is 12.0. The van der Waals surface area contributed by atoms with Crippen molar-refractivity contribution in [1.29, 1.82) is 0 Å². The smallest absolute Gasteiger partial charge is 0.192 e. The summed E-state index contributed by atoms with van der Waals surface area (Å²) < 4.78 is 37.0. The van der Waals surface area contributed by atoms with Gasteiger partial charge in [-0.25, -0.2) is 0 Å². The van der Waals surface area contributed by atoms with E-state index in [-0.39, 0.29) is 33.4 Å². The van der Waals surface area contributed by atoms with E-state index in [1.54, 1.807) is 0 Å². The Balaban J connectivity index is 2.16. The third kappa shape index (κ3) is 9.13. The minimum absolute atomic E-state index is 0.0575. The van der Waals surface area contributed by atoms with Crippen molar-refractivity contribution in [2.45, 2.75) is 148 Å². The highest BCUT2D eigenvalue weighted by Crippen LogP contribution is 2.48. The van der Waals surface area contributed by atoms with Crippen molar-refractivity contribution >= 4 is 42.7 Å². The minimum atomic E-state index is -2.90. The molecule has 4 nitrogen and oxygen atoms in total. The lowest BCUT2D eigenvalue weighted by Crippen LogP contribution is -2.59. The molecule has 0 aromatic heterocycles. The molecule has 2 aromatic rings. The van der Waals surface area contributed by atoms with Crippen LogP contribution in [0.4, 0.5) is 0 Å². The molecule has 1 saturated carbocycles. The molecule has 0 bridgehead atoms. The number of benzene rings is 2. The topological polar surface area (TPSA) is 44.8 Å². The highest BCUT2D eigenvalue weighted by molar-refractivity contribution is 7.78. The first-order valence-electron chi connectivity index (χ1n) is 17.2. The molecule has 3 rings (SSSR count). The fourth-order valence-corrected chi connectivity index (χ4v) is 11.7. The molecule has 1 aliphatic carbocycles.